The van der Waals surface area contributed by atoms with E-state index in [1.807, 2.05) is 31.7 Å². The Morgan fingerprint density at radius 3 is 2.59 bits per heavy atom. The lowest BCUT2D eigenvalue weighted by atomic mass is 10.0. The van der Waals surface area contributed by atoms with Crippen LogP contribution in [0.3, 0.4) is 0 Å². The summed E-state index contributed by atoms with van der Waals surface area (Å²) >= 11 is 0. The van der Waals surface area contributed by atoms with Crippen molar-refractivity contribution >= 4 is 6.09 Å². The number of likely N-dealkylation sites (tertiary alicyclic amines) is 1. The van der Waals surface area contributed by atoms with Gasteiger partial charge in [0.05, 0.1) is 0 Å². The van der Waals surface area contributed by atoms with Crippen LogP contribution in [0.1, 0.15) is 53.9 Å². The van der Waals surface area contributed by atoms with Crippen LogP contribution < -0.4 is 0 Å². The van der Waals surface area contributed by atoms with E-state index in [1.54, 1.807) is 0 Å². The van der Waals surface area contributed by atoms with Crippen molar-refractivity contribution in [2.45, 2.75) is 71.1 Å². The molecule has 1 amide bonds. The molecule has 0 bridgehead atoms. The van der Waals surface area contributed by atoms with Gasteiger partial charge in [0.25, 0.3) is 0 Å². The molecule has 1 rings (SSSR count). The van der Waals surface area contributed by atoms with Crippen LogP contribution >= 0.6 is 0 Å². The maximum atomic E-state index is 12.2. The van der Waals surface area contributed by atoms with E-state index in [9.17, 15) is 4.79 Å². The van der Waals surface area contributed by atoms with Crippen LogP contribution in [0.5, 0.6) is 0 Å². The van der Waals surface area contributed by atoms with Crippen LogP contribution in [0, 0.1) is 0 Å². The molecule has 17 heavy (non-hydrogen) atoms. The number of amides is 1. The third-order valence-electron chi connectivity index (χ3n) is 3.14. The van der Waals surface area contributed by atoms with Gasteiger partial charge in [-0.2, -0.15) is 0 Å². The highest BCUT2D eigenvalue weighted by molar-refractivity contribution is 5.70. The van der Waals surface area contributed by atoms with Crippen LogP contribution in [0.25, 0.3) is 0 Å². The second-order valence-corrected chi connectivity index (χ2v) is 6.38. The van der Waals surface area contributed by atoms with Crippen molar-refractivity contribution in [2.24, 2.45) is 0 Å². The van der Waals surface area contributed by atoms with Gasteiger partial charge in [-0.1, -0.05) is 6.08 Å². The molecule has 0 aromatic heterocycles. The van der Waals surface area contributed by atoms with Crippen molar-refractivity contribution in [3.63, 3.8) is 0 Å². The lowest BCUT2D eigenvalue weighted by molar-refractivity contribution is 0.00413. The molecule has 0 N–H and O–H groups in total. The highest BCUT2D eigenvalue weighted by Crippen LogP contribution is 2.36. The third kappa shape index (κ3) is 3.48. The summed E-state index contributed by atoms with van der Waals surface area (Å²) in [4.78, 5) is 14.1. The zero-order chi connectivity index (χ0) is 13.3. The highest BCUT2D eigenvalue weighted by Gasteiger charge is 2.43. The fraction of sp³-hybridized carbons (Fsp3) is 0.786. The van der Waals surface area contributed by atoms with Crippen molar-refractivity contribution in [1.29, 1.82) is 0 Å². The maximum Gasteiger partial charge on any atom is 0.410 e. The number of nitrogens with zero attached hydrogens (tertiary/aromatic N) is 1. The van der Waals surface area contributed by atoms with Gasteiger partial charge in [-0.15, -0.1) is 6.58 Å². The molecule has 1 aliphatic rings. The predicted octanol–water partition coefficient (Wildman–Crippen LogP) is 3.74. The SMILES string of the molecule is C=CCC1CCC(C)(C)N1C(=O)OC(C)(C)C. The number of hydrogen-bond acceptors (Lipinski definition) is 2. The van der Waals surface area contributed by atoms with Gasteiger partial charge in [-0.3, -0.25) is 4.90 Å². The summed E-state index contributed by atoms with van der Waals surface area (Å²) in [5.41, 5.74) is -0.551. The zero-order valence-corrected chi connectivity index (χ0v) is 11.7. The predicted molar refractivity (Wildman–Crippen MR) is 70.0 cm³/mol. The van der Waals surface area contributed by atoms with Gasteiger partial charge in [0.1, 0.15) is 5.60 Å². The molecule has 0 radical (unpaired) electrons. The molecule has 0 aromatic rings. The Kier molecular flexibility index (Phi) is 3.90. The topological polar surface area (TPSA) is 29.5 Å². The number of ether oxygens (including phenoxy) is 1. The number of rotatable bonds is 2. The third-order valence-corrected chi connectivity index (χ3v) is 3.14. The summed E-state index contributed by atoms with van der Waals surface area (Å²) in [7, 11) is 0. The minimum absolute atomic E-state index is 0.115. The summed E-state index contributed by atoms with van der Waals surface area (Å²) in [6.45, 7) is 13.7. The number of hydrogen-bond donors (Lipinski definition) is 0. The first-order chi connectivity index (χ1) is 7.67. The first kappa shape index (κ1) is 14.1. The Labute approximate surface area is 105 Å². The average molecular weight is 239 g/mol. The molecule has 1 unspecified atom stereocenters. The minimum Gasteiger partial charge on any atom is -0.444 e. The molecule has 3 heteroatoms. The van der Waals surface area contributed by atoms with Crippen molar-refractivity contribution in [3.05, 3.63) is 12.7 Å². The molecule has 1 heterocycles. The fourth-order valence-electron chi connectivity index (χ4n) is 2.39. The Morgan fingerprint density at radius 2 is 2.12 bits per heavy atom. The summed E-state index contributed by atoms with van der Waals surface area (Å²) in [6.07, 6.45) is 4.56. The van der Waals surface area contributed by atoms with Crippen LogP contribution in [0.15, 0.2) is 12.7 Å². The molecule has 0 aliphatic carbocycles. The van der Waals surface area contributed by atoms with E-state index in [0.29, 0.717) is 0 Å². The molecule has 1 saturated heterocycles. The molecule has 1 atom stereocenters. The number of carbonyl (C=O) groups is 1. The molecular formula is C14H25NO2. The first-order valence-electron chi connectivity index (χ1n) is 6.30. The van der Waals surface area contributed by atoms with Crippen LogP contribution in [-0.2, 0) is 4.74 Å². The lowest BCUT2D eigenvalue weighted by Gasteiger charge is -2.36. The molecule has 0 spiro atoms. The summed E-state index contributed by atoms with van der Waals surface area (Å²) in [5.74, 6) is 0. The minimum atomic E-state index is -0.436. The zero-order valence-electron chi connectivity index (χ0n) is 11.7. The van der Waals surface area contributed by atoms with Gasteiger partial charge in [-0.25, -0.2) is 4.79 Å². The first-order valence-corrected chi connectivity index (χ1v) is 6.30. The largest absolute Gasteiger partial charge is 0.444 e. The molecular weight excluding hydrogens is 214 g/mol. The van der Waals surface area contributed by atoms with E-state index in [1.165, 1.54) is 0 Å². The highest BCUT2D eigenvalue weighted by atomic mass is 16.6. The van der Waals surface area contributed by atoms with E-state index >= 15 is 0 Å². The van der Waals surface area contributed by atoms with E-state index < -0.39 is 5.60 Å². The summed E-state index contributed by atoms with van der Waals surface area (Å²) in [6, 6.07) is 0.234. The van der Waals surface area contributed by atoms with Gasteiger partial charge >= 0.3 is 6.09 Å². The van der Waals surface area contributed by atoms with Crippen molar-refractivity contribution in [1.82, 2.24) is 4.90 Å². The monoisotopic (exact) mass is 239 g/mol. The van der Waals surface area contributed by atoms with Crippen molar-refractivity contribution in [3.8, 4) is 0 Å². The summed E-state index contributed by atoms with van der Waals surface area (Å²) < 4.78 is 5.49. The molecule has 0 aromatic carbocycles. The molecule has 98 valence electrons. The van der Waals surface area contributed by atoms with Crippen molar-refractivity contribution < 1.29 is 9.53 Å². The van der Waals surface area contributed by atoms with Gasteiger partial charge in [-0.05, 0) is 53.9 Å². The van der Waals surface area contributed by atoms with Gasteiger partial charge in [0.2, 0.25) is 0 Å². The van der Waals surface area contributed by atoms with Crippen molar-refractivity contribution in [2.75, 3.05) is 0 Å². The standard InChI is InChI=1S/C14H25NO2/c1-7-8-11-9-10-14(5,6)15(11)12(16)17-13(2,3)4/h7,11H,1,8-10H2,2-6H3. The Morgan fingerprint density at radius 1 is 1.53 bits per heavy atom. The second-order valence-electron chi connectivity index (χ2n) is 6.38. The van der Waals surface area contributed by atoms with E-state index in [4.69, 9.17) is 4.74 Å². The van der Waals surface area contributed by atoms with E-state index in [-0.39, 0.29) is 17.7 Å². The van der Waals surface area contributed by atoms with Gasteiger partial charge in [0.15, 0.2) is 0 Å². The molecule has 1 fully saturated rings. The van der Waals surface area contributed by atoms with E-state index in [0.717, 1.165) is 19.3 Å². The van der Waals surface area contributed by atoms with Crippen LogP contribution in [-0.4, -0.2) is 28.2 Å². The van der Waals surface area contributed by atoms with Crippen LogP contribution in [0.2, 0.25) is 0 Å². The lowest BCUT2D eigenvalue weighted by Crippen LogP contribution is -2.49. The van der Waals surface area contributed by atoms with Gasteiger partial charge in [0, 0.05) is 11.6 Å². The number of carbonyl (C=O) groups excluding carboxylic acids is 1. The molecule has 1 aliphatic heterocycles. The fourth-order valence-corrected chi connectivity index (χ4v) is 2.39. The quantitative estimate of drug-likeness (QED) is 0.687. The Bertz CT molecular complexity index is 302. The summed E-state index contributed by atoms with van der Waals surface area (Å²) in [5, 5.41) is 0. The van der Waals surface area contributed by atoms with Gasteiger partial charge < -0.3 is 4.74 Å². The Hall–Kier alpha value is -0.990. The van der Waals surface area contributed by atoms with Crippen LogP contribution in [0.4, 0.5) is 4.79 Å². The Balaban J connectivity index is 2.82. The molecule has 0 saturated carbocycles. The average Bonchev–Trinajstić information content (AvgIpc) is 2.39. The smallest absolute Gasteiger partial charge is 0.410 e. The molecule has 3 nitrogen and oxygen atoms in total. The maximum absolute atomic E-state index is 12.2. The normalized spacial score (nSPS) is 23.6. The second kappa shape index (κ2) is 4.71. The van der Waals surface area contributed by atoms with E-state index in [2.05, 4.69) is 20.4 Å².